The van der Waals surface area contributed by atoms with Gasteiger partial charge in [0.1, 0.15) is 0 Å². The number of hydrogen-bond donors (Lipinski definition) is 1. The highest BCUT2D eigenvalue weighted by Gasteiger charge is 2.24. The second-order valence-electron chi connectivity index (χ2n) is 6.91. The van der Waals surface area contributed by atoms with Crippen molar-refractivity contribution in [2.24, 2.45) is 11.7 Å². The van der Waals surface area contributed by atoms with E-state index in [1.807, 2.05) is 0 Å². The molecule has 21 heavy (non-hydrogen) atoms. The smallest absolute Gasteiger partial charge is 0.0497 e. The second kappa shape index (κ2) is 8.52. The molecule has 0 fully saturated rings. The van der Waals surface area contributed by atoms with Gasteiger partial charge in [0.2, 0.25) is 0 Å². The first-order chi connectivity index (χ1) is 9.81. The van der Waals surface area contributed by atoms with Crippen LogP contribution in [0.3, 0.4) is 0 Å². The van der Waals surface area contributed by atoms with Gasteiger partial charge < -0.3 is 10.6 Å². The standard InChI is InChI=1S/C18H33N3/c1-14(2)13-21(11-10-20(5)6)18(16(4)19)17-9-7-8-15(3)12-17/h7-9,12,14,16,18H,10-11,13,19H2,1-6H3. The molecule has 0 aliphatic heterocycles. The van der Waals surface area contributed by atoms with E-state index in [0.717, 1.165) is 19.6 Å². The van der Waals surface area contributed by atoms with Gasteiger partial charge in [-0.3, -0.25) is 4.90 Å². The lowest BCUT2D eigenvalue weighted by molar-refractivity contribution is 0.144. The van der Waals surface area contributed by atoms with Crippen molar-refractivity contribution in [1.82, 2.24) is 9.80 Å². The van der Waals surface area contributed by atoms with E-state index in [1.54, 1.807) is 0 Å². The Kier molecular flexibility index (Phi) is 7.36. The quantitative estimate of drug-likeness (QED) is 0.799. The van der Waals surface area contributed by atoms with Crippen LogP contribution in [0.25, 0.3) is 0 Å². The molecule has 2 unspecified atom stereocenters. The van der Waals surface area contributed by atoms with E-state index in [-0.39, 0.29) is 12.1 Å². The van der Waals surface area contributed by atoms with E-state index in [0.29, 0.717) is 5.92 Å². The zero-order valence-corrected chi connectivity index (χ0v) is 14.6. The Balaban J connectivity index is 3.00. The molecule has 2 atom stereocenters. The van der Waals surface area contributed by atoms with Crippen LogP contribution in [-0.2, 0) is 0 Å². The minimum absolute atomic E-state index is 0.118. The van der Waals surface area contributed by atoms with Crippen molar-refractivity contribution in [3.63, 3.8) is 0 Å². The summed E-state index contributed by atoms with van der Waals surface area (Å²) in [5, 5.41) is 0. The molecule has 2 N–H and O–H groups in total. The first-order valence-corrected chi connectivity index (χ1v) is 8.02. The molecule has 3 nitrogen and oxygen atoms in total. The van der Waals surface area contributed by atoms with Crippen molar-refractivity contribution in [1.29, 1.82) is 0 Å². The Labute approximate surface area is 131 Å². The van der Waals surface area contributed by atoms with E-state index >= 15 is 0 Å². The fourth-order valence-electron chi connectivity index (χ4n) is 2.84. The van der Waals surface area contributed by atoms with Crippen molar-refractivity contribution in [2.75, 3.05) is 33.7 Å². The maximum atomic E-state index is 6.35. The third-order valence-corrected chi connectivity index (χ3v) is 3.71. The predicted octanol–water partition coefficient (Wildman–Crippen LogP) is 2.90. The number of aryl methyl sites for hydroxylation is 1. The molecule has 0 aromatic heterocycles. The van der Waals surface area contributed by atoms with E-state index in [9.17, 15) is 0 Å². The van der Waals surface area contributed by atoms with Crippen LogP contribution in [0, 0.1) is 12.8 Å². The van der Waals surface area contributed by atoms with Crippen LogP contribution < -0.4 is 5.73 Å². The van der Waals surface area contributed by atoms with Gasteiger partial charge in [0.25, 0.3) is 0 Å². The maximum Gasteiger partial charge on any atom is 0.0497 e. The zero-order valence-electron chi connectivity index (χ0n) is 14.6. The fourth-order valence-corrected chi connectivity index (χ4v) is 2.84. The lowest BCUT2D eigenvalue weighted by Gasteiger charge is -2.36. The summed E-state index contributed by atoms with van der Waals surface area (Å²) in [5.41, 5.74) is 8.99. The van der Waals surface area contributed by atoms with Gasteiger partial charge in [-0.25, -0.2) is 0 Å². The highest BCUT2D eigenvalue weighted by Crippen LogP contribution is 2.25. The molecule has 1 rings (SSSR count). The molecule has 0 bridgehead atoms. The van der Waals surface area contributed by atoms with Crippen molar-refractivity contribution in [2.45, 2.75) is 39.8 Å². The normalized spacial score (nSPS) is 15.0. The summed E-state index contributed by atoms with van der Waals surface area (Å²) >= 11 is 0. The van der Waals surface area contributed by atoms with Gasteiger partial charge >= 0.3 is 0 Å². The van der Waals surface area contributed by atoms with E-state index in [1.165, 1.54) is 11.1 Å². The summed E-state index contributed by atoms with van der Waals surface area (Å²) in [6.45, 7) is 12.0. The number of benzene rings is 1. The number of rotatable bonds is 8. The topological polar surface area (TPSA) is 32.5 Å². The molecular formula is C18H33N3. The molecule has 0 aliphatic carbocycles. The first-order valence-electron chi connectivity index (χ1n) is 8.02. The third-order valence-electron chi connectivity index (χ3n) is 3.71. The van der Waals surface area contributed by atoms with Crippen LogP contribution in [0.2, 0.25) is 0 Å². The minimum atomic E-state index is 0.118. The van der Waals surface area contributed by atoms with Crippen molar-refractivity contribution in [3.8, 4) is 0 Å². The Morgan fingerprint density at radius 1 is 1.10 bits per heavy atom. The predicted molar refractivity (Wildman–Crippen MR) is 92.5 cm³/mol. The van der Waals surface area contributed by atoms with Gasteiger partial charge in [-0.15, -0.1) is 0 Å². The molecule has 0 heterocycles. The zero-order chi connectivity index (χ0) is 16.0. The van der Waals surface area contributed by atoms with Crippen molar-refractivity contribution < 1.29 is 0 Å². The van der Waals surface area contributed by atoms with Crippen LogP contribution in [0.5, 0.6) is 0 Å². The molecule has 0 saturated carbocycles. The summed E-state index contributed by atoms with van der Waals surface area (Å²) in [4.78, 5) is 4.78. The second-order valence-corrected chi connectivity index (χ2v) is 6.91. The van der Waals surface area contributed by atoms with Crippen LogP contribution in [-0.4, -0.2) is 49.6 Å². The number of nitrogens with two attached hydrogens (primary N) is 1. The van der Waals surface area contributed by atoms with Gasteiger partial charge in [0.15, 0.2) is 0 Å². The van der Waals surface area contributed by atoms with Gasteiger partial charge in [0, 0.05) is 31.7 Å². The molecule has 120 valence electrons. The van der Waals surface area contributed by atoms with Gasteiger partial charge in [-0.1, -0.05) is 43.7 Å². The minimum Gasteiger partial charge on any atom is -0.326 e. The molecular weight excluding hydrogens is 258 g/mol. The van der Waals surface area contributed by atoms with Gasteiger partial charge in [0.05, 0.1) is 0 Å². The Hall–Kier alpha value is -0.900. The molecule has 0 spiro atoms. The molecule has 1 aromatic carbocycles. The molecule has 0 saturated heterocycles. The summed E-state index contributed by atoms with van der Waals surface area (Å²) in [7, 11) is 4.25. The summed E-state index contributed by atoms with van der Waals surface area (Å²) in [6.07, 6.45) is 0. The van der Waals surface area contributed by atoms with Crippen LogP contribution in [0.4, 0.5) is 0 Å². The average molecular weight is 291 g/mol. The Bertz CT molecular complexity index is 413. The Morgan fingerprint density at radius 3 is 2.24 bits per heavy atom. The largest absolute Gasteiger partial charge is 0.326 e. The lowest BCUT2D eigenvalue weighted by Crippen LogP contribution is -2.44. The number of likely N-dealkylation sites (N-methyl/N-ethyl adjacent to an activating group) is 1. The van der Waals surface area contributed by atoms with Crippen molar-refractivity contribution in [3.05, 3.63) is 35.4 Å². The van der Waals surface area contributed by atoms with Crippen LogP contribution in [0.1, 0.15) is 37.9 Å². The maximum absolute atomic E-state index is 6.35. The number of nitrogens with zero attached hydrogens (tertiary/aromatic N) is 2. The summed E-state index contributed by atoms with van der Waals surface area (Å²) in [6, 6.07) is 9.18. The Morgan fingerprint density at radius 2 is 1.76 bits per heavy atom. The van der Waals surface area contributed by atoms with Crippen molar-refractivity contribution >= 4 is 0 Å². The monoisotopic (exact) mass is 291 g/mol. The highest BCUT2D eigenvalue weighted by molar-refractivity contribution is 5.26. The number of hydrogen-bond acceptors (Lipinski definition) is 3. The summed E-state index contributed by atoms with van der Waals surface area (Å²) in [5.74, 6) is 0.637. The average Bonchev–Trinajstić information content (AvgIpc) is 2.35. The van der Waals surface area contributed by atoms with Gasteiger partial charge in [-0.2, -0.15) is 0 Å². The van der Waals surface area contributed by atoms with Gasteiger partial charge in [-0.05, 0) is 39.4 Å². The van der Waals surface area contributed by atoms with Crippen LogP contribution in [0.15, 0.2) is 24.3 Å². The highest BCUT2D eigenvalue weighted by atomic mass is 15.2. The van der Waals surface area contributed by atoms with E-state index < -0.39 is 0 Å². The molecule has 0 amide bonds. The fraction of sp³-hybridized carbons (Fsp3) is 0.667. The first kappa shape index (κ1) is 18.1. The van der Waals surface area contributed by atoms with E-state index in [4.69, 9.17) is 5.73 Å². The molecule has 0 radical (unpaired) electrons. The lowest BCUT2D eigenvalue weighted by atomic mass is 9.96. The van der Waals surface area contributed by atoms with Crippen LogP contribution >= 0.6 is 0 Å². The molecule has 3 heteroatoms. The third kappa shape index (κ3) is 6.16. The molecule has 0 aliphatic rings. The SMILES string of the molecule is Cc1cccc(C(C(C)N)N(CCN(C)C)CC(C)C)c1. The van der Waals surface area contributed by atoms with E-state index in [2.05, 4.69) is 75.9 Å². The molecule has 1 aromatic rings. The summed E-state index contributed by atoms with van der Waals surface area (Å²) < 4.78 is 0.